The molecule has 2 aromatic rings. The van der Waals surface area contributed by atoms with Crippen molar-refractivity contribution < 1.29 is 0 Å². The van der Waals surface area contributed by atoms with E-state index in [2.05, 4.69) is 31.5 Å². The third-order valence-corrected chi connectivity index (χ3v) is 4.84. The fourth-order valence-electron chi connectivity index (χ4n) is 2.34. The molecule has 1 aliphatic carbocycles. The molecule has 2 N–H and O–H groups in total. The third-order valence-electron chi connectivity index (χ3n) is 3.31. The molecule has 0 amide bonds. The van der Waals surface area contributed by atoms with Crippen LogP contribution in [0.4, 0.5) is 5.69 Å². The number of hydrogen-bond donors (Lipinski definition) is 1. The van der Waals surface area contributed by atoms with Crippen molar-refractivity contribution in [1.82, 2.24) is 20.2 Å². The van der Waals surface area contributed by atoms with Crippen molar-refractivity contribution in [3.8, 4) is 0 Å². The lowest BCUT2D eigenvalue weighted by Gasteiger charge is -2.11. The Morgan fingerprint density at radius 1 is 1.32 bits per heavy atom. The highest BCUT2D eigenvalue weighted by molar-refractivity contribution is 9.10. The van der Waals surface area contributed by atoms with Gasteiger partial charge >= 0.3 is 0 Å². The van der Waals surface area contributed by atoms with Crippen LogP contribution in [0.3, 0.4) is 0 Å². The van der Waals surface area contributed by atoms with Crippen LogP contribution in [0.1, 0.15) is 31.7 Å². The Morgan fingerprint density at radius 3 is 2.84 bits per heavy atom. The van der Waals surface area contributed by atoms with Crippen LogP contribution in [-0.4, -0.2) is 20.2 Å². The molecule has 1 fully saturated rings. The summed E-state index contributed by atoms with van der Waals surface area (Å²) in [7, 11) is 0. The molecule has 1 aromatic carbocycles. The zero-order chi connectivity index (χ0) is 13.2. The van der Waals surface area contributed by atoms with Crippen LogP contribution in [0, 0.1) is 0 Å². The van der Waals surface area contributed by atoms with Gasteiger partial charge in [-0.2, -0.15) is 0 Å². The predicted molar refractivity (Wildman–Crippen MR) is 78.0 cm³/mol. The van der Waals surface area contributed by atoms with E-state index in [0.29, 0.717) is 6.04 Å². The topological polar surface area (TPSA) is 69.6 Å². The van der Waals surface area contributed by atoms with E-state index >= 15 is 0 Å². The van der Waals surface area contributed by atoms with Crippen molar-refractivity contribution in [2.75, 3.05) is 5.73 Å². The molecule has 7 heteroatoms. The number of anilines is 1. The Hall–Kier alpha value is -1.08. The number of rotatable bonds is 3. The number of hydrogen-bond acceptors (Lipinski definition) is 5. The lowest BCUT2D eigenvalue weighted by atomic mass is 10.3. The van der Waals surface area contributed by atoms with Crippen molar-refractivity contribution in [3.05, 3.63) is 22.7 Å². The van der Waals surface area contributed by atoms with Crippen LogP contribution in [0.5, 0.6) is 0 Å². The molecular formula is C12H14BrN5S. The number of nitrogens with two attached hydrogens (primary N) is 1. The highest BCUT2D eigenvalue weighted by atomic mass is 79.9. The zero-order valence-corrected chi connectivity index (χ0v) is 12.7. The summed E-state index contributed by atoms with van der Waals surface area (Å²) >= 11 is 4.93. The molecule has 5 nitrogen and oxygen atoms in total. The van der Waals surface area contributed by atoms with Crippen LogP contribution in [0.15, 0.2) is 32.7 Å². The van der Waals surface area contributed by atoms with Gasteiger partial charge in [-0.25, -0.2) is 4.68 Å². The summed E-state index contributed by atoms with van der Waals surface area (Å²) in [5.41, 5.74) is 6.75. The maximum absolute atomic E-state index is 6.01. The first-order valence-corrected chi connectivity index (χ1v) is 7.86. The molecule has 1 aromatic heterocycles. The summed E-state index contributed by atoms with van der Waals surface area (Å²) in [6.45, 7) is 0. The fourth-order valence-corrected chi connectivity index (χ4v) is 3.59. The molecule has 0 spiro atoms. The van der Waals surface area contributed by atoms with Gasteiger partial charge in [-0.3, -0.25) is 0 Å². The van der Waals surface area contributed by atoms with E-state index < -0.39 is 0 Å². The normalized spacial score (nSPS) is 16.1. The van der Waals surface area contributed by atoms with E-state index in [1.807, 2.05) is 22.9 Å². The zero-order valence-electron chi connectivity index (χ0n) is 10.3. The molecule has 0 bridgehead atoms. The number of aromatic nitrogens is 4. The summed E-state index contributed by atoms with van der Waals surface area (Å²) in [6, 6.07) is 6.29. The van der Waals surface area contributed by atoms with Crippen LogP contribution >= 0.6 is 27.7 Å². The lowest BCUT2D eigenvalue weighted by Crippen LogP contribution is -2.08. The van der Waals surface area contributed by atoms with Gasteiger partial charge in [0.15, 0.2) is 0 Å². The minimum Gasteiger partial charge on any atom is -0.398 e. The number of tetrazole rings is 1. The molecule has 3 rings (SSSR count). The summed E-state index contributed by atoms with van der Waals surface area (Å²) in [5, 5.41) is 12.9. The first-order chi connectivity index (χ1) is 9.24. The predicted octanol–water partition coefficient (Wildman–Crippen LogP) is 3.28. The molecule has 100 valence electrons. The quantitative estimate of drug-likeness (QED) is 0.869. The van der Waals surface area contributed by atoms with Gasteiger partial charge in [0, 0.05) is 15.1 Å². The summed E-state index contributed by atoms with van der Waals surface area (Å²) in [5.74, 6) is 0. The van der Waals surface area contributed by atoms with Crippen molar-refractivity contribution in [2.45, 2.75) is 41.8 Å². The van der Waals surface area contributed by atoms with Gasteiger partial charge in [-0.15, -0.1) is 5.10 Å². The first-order valence-electron chi connectivity index (χ1n) is 6.25. The Balaban J connectivity index is 1.85. The molecular weight excluding hydrogens is 326 g/mol. The van der Waals surface area contributed by atoms with Crippen molar-refractivity contribution in [1.29, 1.82) is 0 Å². The Morgan fingerprint density at radius 2 is 2.11 bits per heavy atom. The number of nitrogen functional groups attached to an aromatic ring is 1. The van der Waals surface area contributed by atoms with Crippen molar-refractivity contribution in [3.63, 3.8) is 0 Å². The van der Waals surface area contributed by atoms with Crippen LogP contribution in [0.25, 0.3) is 0 Å². The Bertz CT molecular complexity index is 579. The maximum atomic E-state index is 6.01. The average Bonchev–Trinajstić information content (AvgIpc) is 3.03. The van der Waals surface area contributed by atoms with E-state index in [1.54, 1.807) is 0 Å². The Kier molecular flexibility index (Phi) is 3.74. The molecule has 1 aliphatic rings. The van der Waals surface area contributed by atoms with Crippen molar-refractivity contribution >= 4 is 33.4 Å². The van der Waals surface area contributed by atoms with E-state index in [1.165, 1.54) is 24.6 Å². The average molecular weight is 340 g/mol. The molecule has 0 atom stereocenters. The van der Waals surface area contributed by atoms with Crippen LogP contribution in [0.2, 0.25) is 0 Å². The monoisotopic (exact) mass is 339 g/mol. The van der Waals surface area contributed by atoms with Crippen molar-refractivity contribution in [2.24, 2.45) is 0 Å². The summed E-state index contributed by atoms with van der Waals surface area (Å²) < 4.78 is 2.92. The van der Waals surface area contributed by atoms with E-state index in [9.17, 15) is 0 Å². The molecule has 19 heavy (non-hydrogen) atoms. The second kappa shape index (κ2) is 5.50. The van der Waals surface area contributed by atoms with E-state index in [-0.39, 0.29) is 0 Å². The van der Waals surface area contributed by atoms with Gasteiger partial charge in [-0.1, -0.05) is 28.8 Å². The van der Waals surface area contributed by atoms with E-state index in [0.717, 1.165) is 33.1 Å². The molecule has 1 heterocycles. The number of halogens is 1. The highest BCUT2D eigenvalue weighted by Crippen LogP contribution is 2.36. The molecule has 0 radical (unpaired) electrons. The smallest absolute Gasteiger partial charge is 0.214 e. The number of nitrogens with zero attached hydrogens (tertiary/aromatic N) is 4. The van der Waals surface area contributed by atoms with Gasteiger partial charge in [0.05, 0.1) is 6.04 Å². The molecule has 0 unspecified atom stereocenters. The van der Waals surface area contributed by atoms with Gasteiger partial charge in [0.25, 0.3) is 0 Å². The van der Waals surface area contributed by atoms with E-state index in [4.69, 9.17) is 5.73 Å². The second-order valence-corrected chi connectivity index (χ2v) is 6.55. The standard InChI is InChI=1S/C12H14BrN5S/c13-8-5-6-11(10(14)7-8)19-12-15-16-17-18(12)9-3-1-2-4-9/h5-7,9H,1-4,14H2. The first kappa shape index (κ1) is 12.9. The number of benzene rings is 1. The lowest BCUT2D eigenvalue weighted by molar-refractivity contribution is 0.423. The highest BCUT2D eigenvalue weighted by Gasteiger charge is 2.22. The van der Waals surface area contributed by atoms with Gasteiger partial charge in [-0.05, 0) is 53.2 Å². The third kappa shape index (κ3) is 2.76. The van der Waals surface area contributed by atoms with Gasteiger partial charge in [0.1, 0.15) is 0 Å². The minimum atomic E-state index is 0.439. The molecule has 0 aliphatic heterocycles. The Labute approximate surface area is 124 Å². The maximum Gasteiger partial charge on any atom is 0.214 e. The molecule has 0 saturated heterocycles. The minimum absolute atomic E-state index is 0.439. The summed E-state index contributed by atoms with van der Waals surface area (Å²) in [6.07, 6.45) is 4.84. The second-order valence-electron chi connectivity index (χ2n) is 4.63. The van der Waals surface area contributed by atoms with Gasteiger partial charge < -0.3 is 5.73 Å². The van der Waals surface area contributed by atoms with Crippen LogP contribution < -0.4 is 5.73 Å². The fraction of sp³-hybridized carbons (Fsp3) is 0.417. The molecule has 1 saturated carbocycles. The summed E-state index contributed by atoms with van der Waals surface area (Å²) in [4.78, 5) is 0.984. The largest absolute Gasteiger partial charge is 0.398 e. The SMILES string of the molecule is Nc1cc(Br)ccc1Sc1nnnn1C1CCCC1. The van der Waals surface area contributed by atoms with Crippen LogP contribution in [-0.2, 0) is 0 Å². The van der Waals surface area contributed by atoms with Gasteiger partial charge in [0.2, 0.25) is 5.16 Å².